The van der Waals surface area contributed by atoms with Gasteiger partial charge in [0.25, 0.3) is 0 Å². The van der Waals surface area contributed by atoms with Gasteiger partial charge in [-0.1, -0.05) is 13.8 Å². The van der Waals surface area contributed by atoms with Gasteiger partial charge in [0.05, 0.1) is 23.8 Å². The topological polar surface area (TPSA) is 47.7 Å². The van der Waals surface area contributed by atoms with Gasteiger partial charge in [0.15, 0.2) is 0 Å². The van der Waals surface area contributed by atoms with E-state index in [0.29, 0.717) is 0 Å². The van der Waals surface area contributed by atoms with E-state index in [9.17, 15) is 0 Å². The molecule has 0 aromatic carbocycles. The molecule has 5 heteroatoms. The summed E-state index contributed by atoms with van der Waals surface area (Å²) in [5, 5.41) is 7.99. The zero-order valence-electron chi connectivity index (χ0n) is 11.5. The molecule has 1 N–H and O–H groups in total. The van der Waals surface area contributed by atoms with E-state index in [4.69, 9.17) is 0 Å². The summed E-state index contributed by atoms with van der Waals surface area (Å²) in [6, 6.07) is 0.125. The summed E-state index contributed by atoms with van der Waals surface area (Å²) in [7, 11) is 3.95. The number of nitrogens with one attached hydrogen (secondary N) is 1. The van der Waals surface area contributed by atoms with Gasteiger partial charge in [-0.05, 0) is 13.0 Å². The fourth-order valence-corrected chi connectivity index (χ4v) is 2.23. The molecule has 0 aliphatic heterocycles. The van der Waals surface area contributed by atoms with E-state index in [1.807, 2.05) is 29.7 Å². The monoisotopic (exact) mass is 247 g/mol. The van der Waals surface area contributed by atoms with Gasteiger partial charge < -0.3 is 9.88 Å². The Morgan fingerprint density at radius 3 is 2.61 bits per heavy atom. The number of rotatable bonds is 5. The normalized spacial score (nSPS) is 12.9. The van der Waals surface area contributed by atoms with E-state index < -0.39 is 0 Å². The summed E-state index contributed by atoms with van der Waals surface area (Å²) in [5.41, 5.74) is 3.40. The summed E-state index contributed by atoms with van der Waals surface area (Å²) in [5.74, 6) is 0. The van der Waals surface area contributed by atoms with E-state index in [0.717, 1.165) is 24.4 Å². The van der Waals surface area contributed by atoms with Crippen LogP contribution in [0.3, 0.4) is 0 Å². The quantitative estimate of drug-likeness (QED) is 0.869. The lowest BCUT2D eigenvalue weighted by Crippen LogP contribution is -2.23. The molecule has 0 amide bonds. The third-order valence-electron chi connectivity index (χ3n) is 3.01. The van der Waals surface area contributed by atoms with Gasteiger partial charge >= 0.3 is 0 Å². The van der Waals surface area contributed by atoms with Crippen LogP contribution in [0.5, 0.6) is 0 Å². The molecule has 18 heavy (non-hydrogen) atoms. The fourth-order valence-electron chi connectivity index (χ4n) is 2.23. The van der Waals surface area contributed by atoms with Crippen molar-refractivity contribution in [1.29, 1.82) is 0 Å². The highest BCUT2D eigenvalue weighted by Crippen LogP contribution is 2.23. The first-order valence-electron chi connectivity index (χ1n) is 6.39. The van der Waals surface area contributed by atoms with E-state index in [1.165, 1.54) is 5.56 Å². The second kappa shape index (κ2) is 5.35. The second-order valence-electron chi connectivity index (χ2n) is 4.51. The SMILES string of the molecule is CCNC(c1cn(C)cn1)c1cn(C)nc1CC. The summed E-state index contributed by atoms with van der Waals surface area (Å²) in [4.78, 5) is 4.46. The van der Waals surface area contributed by atoms with Gasteiger partial charge in [-0.25, -0.2) is 4.98 Å². The number of hydrogen-bond donors (Lipinski definition) is 1. The molecule has 2 aromatic heterocycles. The largest absolute Gasteiger partial charge is 0.340 e. The Labute approximate surface area is 108 Å². The van der Waals surface area contributed by atoms with Crippen LogP contribution >= 0.6 is 0 Å². The molecule has 0 spiro atoms. The number of aromatic nitrogens is 4. The highest BCUT2D eigenvalue weighted by Gasteiger charge is 2.20. The van der Waals surface area contributed by atoms with E-state index in [1.54, 1.807) is 0 Å². The third kappa shape index (κ3) is 2.46. The molecule has 0 fully saturated rings. The standard InChI is InChI=1S/C13H21N5/c1-5-11-10(7-18(4)16-11)13(14-6-2)12-8-17(3)9-15-12/h7-9,13-14H,5-6H2,1-4H3. The number of imidazole rings is 1. The third-order valence-corrected chi connectivity index (χ3v) is 3.01. The Morgan fingerprint density at radius 1 is 1.28 bits per heavy atom. The summed E-state index contributed by atoms with van der Waals surface area (Å²) in [6.07, 6.45) is 6.91. The highest BCUT2D eigenvalue weighted by molar-refractivity contribution is 5.29. The zero-order valence-corrected chi connectivity index (χ0v) is 11.5. The summed E-state index contributed by atoms with van der Waals surface area (Å²) >= 11 is 0. The predicted molar refractivity (Wildman–Crippen MR) is 71.3 cm³/mol. The molecule has 0 saturated carbocycles. The van der Waals surface area contributed by atoms with Crippen LogP contribution in [0.25, 0.3) is 0 Å². The molecule has 0 radical (unpaired) electrons. The lowest BCUT2D eigenvalue weighted by Gasteiger charge is -2.15. The second-order valence-corrected chi connectivity index (χ2v) is 4.51. The first kappa shape index (κ1) is 12.8. The van der Waals surface area contributed by atoms with Crippen LogP contribution in [0.4, 0.5) is 0 Å². The summed E-state index contributed by atoms with van der Waals surface area (Å²) in [6.45, 7) is 5.14. The number of nitrogens with zero attached hydrogens (tertiary/aromatic N) is 4. The van der Waals surface area contributed by atoms with Crippen molar-refractivity contribution in [1.82, 2.24) is 24.6 Å². The van der Waals surface area contributed by atoms with Crippen LogP contribution in [-0.2, 0) is 20.5 Å². The molecule has 5 nitrogen and oxygen atoms in total. The van der Waals surface area contributed by atoms with Crippen LogP contribution in [0.1, 0.15) is 36.8 Å². The van der Waals surface area contributed by atoms with Gasteiger partial charge in [0.1, 0.15) is 0 Å². The first-order valence-corrected chi connectivity index (χ1v) is 6.39. The van der Waals surface area contributed by atoms with E-state index in [-0.39, 0.29) is 6.04 Å². The van der Waals surface area contributed by atoms with Gasteiger partial charge in [-0.2, -0.15) is 5.10 Å². The Morgan fingerprint density at radius 2 is 2.06 bits per heavy atom. The van der Waals surface area contributed by atoms with Crippen molar-refractivity contribution in [2.75, 3.05) is 6.54 Å². The number of aryl methyl sites for hydroxylation is 3. The molecule has 1 atom stereocenters. The van der Waals surface area contributed by atoms with Crippen molar-refractivity contribution in [3.05, 3.63) is 35.7 Å². The van der Waals surface area contributed by atoms with Crippen LogP contribution in [-0.4, -0.2) is 25.9 Å². The maximum absolute atomic E-state index is 4.51. The van der Waals surface area contributed by atoms with Crippen LogP contribution in [0.15, 0.2) is 18.7 Å². The molecule has 2 heterocycles. The Kier molecular flexibility index (Phi) is 3.81. The van der Waals surface area contributed by atoms with Crippen LogP contribution < -0.4 is 5.32 Å². The molecular formula is C13H21N5. The summed E-state index contributed by atoms with van der Waals surface area (Å²) < 4.78 is 3.85. The molecule has 0 saturated heterocycles. The van der Waals surface area contributed by atoms with Crippen molar-refractivity contribution in [3.63, 3.8) is 0 Å². The van der Waals surface area contributed by atoms with E-state index >= 15 is 0 Å². The van der Waals surface area contributed by atoms with Crippen molar-refractivity contribution < 1.29 is 0 Å². The molecular weight excluding hydrogens is 226 g/mol. The molecule has 2 aromatic rings. The number of hydrogen-bond acceptors (Lipinski definition) is 3. The van der Waals surface area contributed by atoms with Crippen molar-refractivity contribution >= 4 is 0 Å². The van der Waals surface area contributed by atoms with Crippen molar-refractivity contribution in [2.45, 2.75) is 26.3 Å². The Bertz CT molecular complexity index is 511. The predicted octanol–water partition coefficient (Wildman–Crippen LogP) is 1.41. The fraction of sp³-hybridized carbons (Fsp3) is 0.538. The van der Waals surface area contributed by atoms with Crippen molar-refractivity contribution in [2.24, 2.45) is 14.1 Å². The Balaban J connectivity index is 2.40. The zero-order chi connectivity index (χ0) is 13.1. The van der Waals surface area contributed by atoms with Gasteiger partial charge in [0, 0.05) is 32.1 Å². The maximum atomic E-state index is 4.51. The lowest BCUT2D eigenvalue weighted by molar-refractivity contribution is 0.612. The van der Waals surface area contributed by atoms with Gasteiger partial charge in [0.2, 0.25) is 0 Å². The van der Waals surface area contributed by atoms with Gasteiger partial charge in [-0.15, -0.1) is 0 Å². The smallest absolute Gasteiger partial charge is 0.0947 e. The van der Waals surface area contributed by atoms with E-state index in [2.05, 4.69) is 41.6 Å². The molecule has 1 unspecified atom stereocenters. The first-order chi connectivity index (χ1) is 8.65. The maximum Gasteiger partial charge on any atom is 0.0947 e. The average Bonchev–Trinajstić information content (AvgIpc) is 2.92. The molecule has 98 valence electrons. The minimum Gasteiger partial charge on any atom is -0.340 e. The highest BCUT2D eigenvalue weighted by atomic mass is 15.3. The average molecular weight is 247 g/mol. The van der Waals surface area contributed by atoms with Crippen molar-refractivity contribution in [3.8, 4) is 0 Å². The lowest BCUT2D eigenvalue weighted by atomic mass is 10.0. The molecule has 0 aliphatic rings. The Hall–Kier alpha value is -1.62. The minimum atomic E-state index is 0.125. The molecule has 0 bridgehead atoms. The molecule has 0 aliphatic carbocycles. The molecule has 2 rings (SSSR count). The minimum absolute atomic E-state index is 0.125. The van der Waals surface area contributed by atoms with Crippen LogP contribution in [0, 0.1) is 0 Å². The van der Waals surface area contributed by atoms with Crippen LogP contribution in [0.2, 0.25) is 0 Å². The van der Waals surface area contributed by atoms with Gasteiger partial charge in [-0.3, -0.25) is 4.68 Å².